The average Bonchev–Trinajstić information content (AvgIpc) is 3.21. The van der Waals surface area contributed by atoms with E-state index in [2.05, 4.69) is 10.2 Å². The molecule has 0 aliphatic carbocycles. The minimum absolute atomic E-state index is 0.00471. The molecule has 0 unspecified atom stereocenters. The van der Waals surface area contributed by atoms with Crippen LogP contribution in [0.1, 0.15) is 31.2 Å². The molecule has 6 nitrogen and oxygen atoms in total. The normalized spacial score (nSPS) is 25.4. The number of piperidine rings is 1. The number of ether oxygens (including phenoxy) is 2. The number of rotatable bonds is 3. The number of amides is 2. The zero-order chi connectivity index (χ0) is 16.5. The first-order chi connectivity index (χ1) is 11.7. The summed E-state index contributed by atoms with van der Waals surface area (Å²) in [5.41, 5.74) is 1.04. The number of fused-ring (bicyclic) bond motifs is 2. The Morgan fingerprint density at radius 1 is 1.25 bits per heavy atom. The predicted octanol–water partition coefficient (Wildman–Crippen LogP) is 2.18. The summed E-state index contributed by atoms with van der Waals surface area (Å²) in [7, 11) is 1.84. The van der Waals surface area contributed by atoms with Crippen molar-refractivity contribution in [2.24, 2.45) is 0 Å². The molecule has 0 aromatic heterocycles. The van der Waals surface area contributed by atoms with Crippen molar-refractivity contribution in [1.29, 1.82) is 0 Å². The van der Waals surface area contributed by atoms with Crippen molar-refractivity contribution in [1.82, 2.24) is 15.1 Å². The molecular formula is C18H25N3O3. The second-order valence-corrected chi connectivity index (χ2v) is 6.99. The van der Waals surface area contributed by atoms with E-state index >= 15 is 0 Å². The number of hydrogen-bond acceptors (Lipinski definition) is 4. The van der Waals surface area contributed by atoms with E-state index in [1.807, 2.05) is 25.2 Å². The van der Waals surface area contributed by atoms with Gasteiger partial charge in [-0.25, -0.2) is 4.79 Å². The van der Waals surface area contributed by atoms with Gasteiger partial charge in [-0.15, -0.1) is 0 Å². The van der Waals surface area contributed by atoms with E-state index in [1.54, 1.807) is 4.90 Å². The lowest BCUT2D eigenvalue weighted by atomic mass is 9.99. The predicted molar refractivity (Wildman–Crippen MR) is 90.2 cm³/mol. The van der Waals surface area contributed by atoms with Crippen molar-refractivity contribution < 1.29 is 14.3 Å². The van der Waals surface area contributed by atoms with E-state index in [4.69, 9.17) is 9.47 Å². The van der Waals surface area contributed by atoms with Gasteiger partial charge in [-0.1, -0.05) is 12.5 Å². The molecule has 1 N–H and O–H groups in total. The lowest BCUT2D eigenvalue weighted by Gasteiger charge is -2.33. The van der Waals surface area contributed by atoms with Crippen LogP contribution < -0.4 is 14.8 Å². The topological polar surface area (TPSA) is 54.0 Å². The van der Waals surface area contributed by atoms with Gasteiger partial charge in [-0.3, -0.25) is 4.90 Å². The smallest absolute Gasteiger partial charge is 0.317 e. The molecular weight excluding hydrogens is 306 g/mol. The fourth-order valence-electron chi connectivity index (χ4n) is 4.07. The Labute approximate surface area is 142 Å². The highest BCUT2D eigenvalue weighted by atomic mass is 16.7. The SMILES string of the molecule is CN(Cc1ccc2c(c1)OCO2)C(=O)N[C@@H]1CCN2CCCC[C@@H]12. The summed E-state index contributed by atoms with van der Waals surface area (Å²) in [6.07, 6.45) is 4.84. The standard InChI is InChI=1S/C18H25N3O3/c1-20(11-13-5-6-16-17(10-13)24-12-23-16)18(22)19-14-7-9-21-8-3-2-4-15(14)21/h5-6,10,14-15H,2-4,7-9,11-12H2,1H3,(H,19,22)/t14-,15+/m1/s1. The molecule has 2 amide bonds. The van der Waals surface area contributed by atoms with Gasteiger partial charge in [0.05, 0.1) is 0 Å². The lowest BCUT2D eigenvalue weighted by Crippen LogP contribution is -2.49. The zero-order valence-electron chi connectivity index (χ0n) is 14.2. The van der Waals surface area contributed by atoms with Crippen LogP contribution in [0.5, 0.6) is 11.5 Å². The molecule has 2 fully saturated rings. The second-order valence-electron chi connectivity index (χ2n) is 6.99. The number of hydrogen-bond donors (Lipinski definition) is 1. The summed E-state index contributed by atoms with van der Waals surface area (Å²) in [5.74, 6) is 1.53. The highest BCUT2D eigenvalue weighted by molar-refractivity contribution is 5.74. The van der Waals surface area contributed by atoms with Gasteiger partial charge in [0.15, 0.2) is 11.5 Å². The second kappa shape index (κ2) is 6.51. The summed E-state index contributed by atoms with van der Waals surface area (Å²) in [5, 5.41) is 3.24. The van der Waals surface area contributed by atoms with Crippen molar-refractivity contribution in [2.45, 2.75) is 44.3 Å². The third-order valence-corrected chi connectivity index (χ3v) is 5.37. The van der Waals surface area contributed by atoms with E-state index in [-0.39, 0.29) is 18.9 Å². The van der Waals surface area contributed by atoms with Crippen molar-refractivity contribution in [2.75, 3.05) is 26.9 Å². The van der Waals surface area contributed by atoms with E-state index in [0.717, 1.165) is 30.0 Å². The summed E-state index contributed by atoms with van der Waals surface area (Å²) < 4.78 is 10.7. The lowest BCUT2D eigenvalue weighted by molar-refractivity contribution is 0.170. The molecule has 0 radical (unpaired) electrons. The maximum absolute atomic E-state index is 12.6. The van der Waals surface area contributed by atoms with Crippen LogP contribution in [0, 0.1) is 0 Å². The van der Waals surface area contributed by atoms with Crippen LogP contribution >= 0.6 is 0 Å². The van der Waals surface area contributed by atoms with Crippen LogP contribution in [0.25, 0.3) is 0 Å². The minimum Gasteiger partial charge on any atom is -0.454 e. The number of nitrogens with zero attached hydrogens (tertiary/aromatic N) is 2. The van der Waals surface area contributed by atoms with Gasteiger partial charge >= 0.3 is 6.03 Å². The molecule has 4 rings (SSSR count). The number of nitrogens with one attached hydrogen (secondary N) is 1. The molecule has 2 atom stereocenters. The zero-order valence-corrected chi connectivity index (χ0v) is 14.2. The van der Waals surface area contributed by atoms with Gasteiger partial charge < -0.3 is 19.7 Å². The Morgan fingerprint density at radius 3 is 3.04 bits per heavy atom. The first-order valence-electron chi connectivity index (χ1n) is 8.85. The van der Waals surface area contributed by atoms with Crippen molar-refractivity contribution in [3.05, 3.63) is 23.8 Å². The van der Waals surface area contributed by atoms with Crippen LogP contribution in [0.4, 0.5) is 4.79 Å². The van der Waals surface area contributed by atoms with Crippen molar-refractivity contribution in [3.63, 3.8) is 0 Å². The Morgan fingerprint density at radius 2 is 2.12 bits per heavy atom. The van der Waals surface area contributed by atoms with Gasteiger partial charge in [-0.05, 0) is 43.5 Å². The molecule has 0 bridgehead atoms. The fourth-order valence-corrected chi connectivity index (χ4v) is 4.07. The maximum Gasteiger partial charge on any atom is 0.317 e. The summed E-state index contributed by atoms with van der Waals surface area (Å²) in [6.45, 7) is 3.13. The molecule has 3 heterocycles. The summed E-state index contributed by atoms with van der Waals surface area (Å²) >= 11 is 0. The molecule has 6 heteroatoms. The highest BCUT2D eigenvalue weighted by Gasteiger charge is 2.36. The largest absolute Gasteiger partial charge is 0.454 e. The van der Waals surface area contributed by atoms with E-state index in [1.165, 1.54) is 25.8 Å². The molecule has 130 valence electrons. The molecule has 0 saturated carbocycles. The van der Waals surface area contributed by atoms with Gasteiger partial charge in [0.25, 0.3) is 0 Å². The minimum atomic E-state index is 0.00471. The number of carbonyl (C=O) groups is 1. The summed E-state index contributed by atoms with van der Waals surface area (Å²) in [6, 6.07) is 6.66. The molecule has 3 aliphatic rings. The fraction of sp³-hybridized carbons (Fsp3) is 0.611. The van der Waals surface area contributed by atoms with Crippen molar-refractivity contribution >= 4 is 6.03 Å². The monoisotopic (exact) mass is 331 g/mol. The van der Waals surface area contributed by atoms with E-state index < -0.39 is 0 Å². The Kier molecular flexibility index (Phi) is 4.22. The Bertz CT molecular complexity index is 622. The van der Waals surface area contributed by atoms with Gasteiger partial charge in [0.2, 0.25) is 6.79 Å². The molecule has 1 aromatic carbocycles. The van der Waals surface area contributed by atoms with Crippen LogP contribution in [0.15, 0.2) is 18.2 Å². The van der Waals surface area contributed by atoms with Crippen LogP contribution in [0.3, 0.4) is 0 Å². The Hall–Kier alpha value is -1.95. The molecule has 3 aliphatic heterocycles. The molecule has 24 heavy (non-hydrogen) atoms. The molecule has 2 saturated heterocycles. The number of urea groups is 1. The van der Waals surface area contributed by atoms with Gasteiger partial charge in [0, 0.05) is 32.2 Å². The third-order valence-electron chi connectivity index (χ3n) is 5.37. The Balaban J connectivity index is 1.34. The molecule has 1 aromatic rings. The average molecular weight is 331 g/mol. The third kappa shape index (κ3) is 3.02. The van der Waals surface area contributed by atoms with E-state index in [0.29, 0.717) is 12.6 Å². The summed E-state index contributed by atoms with van der Waals surface area (Å²) in [4.78, 5) is 16.8. The van der Waals surface area contributed by atoms with E-state index in [9.17, 15) is 4.79 Å². The first-order valence-corrected chi connectivity index (χ1v) is 8.85. The maximum atomic E-state index is 12.6. The van der Waals surface area contributed by atoms with Crippen LogP contribution in [-0.4, -0.2) is 54.8 Å². The first kappa shape index (κ1) is 15.6. The number of benzene rings is 1. The molecule has 0 spiro atoms. The van der Waals surface area contributed by atoms with Crippen LogP contribution in [0.2, 0.25) is 0 Å². The van der Waals surface area contributed by atoms with Gasteiger partial charge in [-0.2, -0.15) is 0 Å². The highest BCUT2D eigenvalue weighted by Crippen LogP contribution is 2.33. The van der Waals surface area contributed by atoms with Crippen molar-refractivity contribution in [3.8, 4) is 11.5 Å². The van der Waals surface area contributed by atoms with Crippen LogP contribution in [-0.2, 0) is 6.54 Å². The van der Waals surface area contributed by atoms with Gasteiger partial charge in [0.1, 0.15) is 0 Å². The quantitative estimate of drug-likeness (QED) is 0.922. The number of carbonyl (C=O) groups excluding carboxylic acids is 1.